The molecule has 15 heavy (non-hydrogen) atoms. The summed E-state index contributed by atoms with van der Waals surface area (Å²) in [6, 6.07) is 10.5. The molecule has 1 N–H and O–H groups in total. The highest BCUT2D eigenvalue weighted by atomic mass is 15.0. The number of rotatable bonds is 3. The molecule has 0 aliphatic heterocycles. The Morgan fingerprint density at radius 1 is 1.13 bits per heavy atom. The zero-order chi connectivity index (χ0) is 10.5. The molecule has 0 fully saturated rings. The summed E-state index contributed by atoms with van der Waals surface area (Å²) in [7, 11) is 0. The summed E-state index contributed by atoms with van der Waals surface area (Å²) in [5, 5.41) is 3.28. The molecule has 3 nitrogen and oxygen atoms in total. The van der Waals surface area contributed by atoms with Crippen LogP contribution in [0, 0.1) is 0 Å². The molecule has 0 saturated carbocycles. The van der Waals surface area contributed by atoms with E-state index in [0.29, 0.717) is 0 Å². The average molecular weight is 199 g/mol. The zero-order valence-corrected chi connectivity index (χ0v) is 8.59. The Balaban J connectivity index is 2.08. The van der Waals surface area contributed by atoms with Gasteiger partial charge in [-0.1, -0.05) is 30.3 Å². The van der Waals surface area contributed by atoms with Crippen molar-refractivity contribution < 1.29 is 0 Å². The van der Waals surface area contributed by atoms with Crippen molar-refractivity contribution in [3.8, 4) is 0 Å². The van der Waals surface area contributed by atoms with Gasteiger partial charge in [0.15, 0.2) is 0 Å². The summed E-state index contributed by atoms with van der Waals surface area (Å²) < 4.78 is 0. The van der Waals surface area contributed by atoms with Crippen LogP contribution < -0.4 is 5.32 Å². The molecule has 0 amide bonds. The molecule has 0 spiro atoms. The van der Waals surface area contributed by atoms with E-state index in [4.69, 9.17) is 0 Å². The Morgan fingerprint density at radius 2 is 1.93 bits per heavy atom. The lowest BCUT2D eigenvalue weighted by molar-refractivity contribution is 0.871. The van der Waals surface area contributed by atoms with Crippen LogP contribution in [-0.2, 0) is 0 Å². The van der Waals surface area contributed by atoms with Gasteiger partial charge in [-0.2, -0.15) is 0 Å². The van der Waals surface area contributed by atoms with Gasteiger partial charge in [-0.15, -0.1) is 0 Å². The number of aromatic nitrogens is 2. The summed E-state index contributed by atoms with van der Waals surface area (Å²) in [6.07, 6.45) is 5.07. The first kappa shape index (κ1) is 9.65. The van der Waals surface area contributed by atoms with E-state index in [2.05, 4.69) is 34.3 Å². The maximum absolute atomic E-state index is 4.17. The predicted molar refractivity (Wildman–Crippen MR) is 60.5 cm³/mol. The van der Waals surface area contributed by atoms with E-state index in [1.165, 1.54) is 5.56 Å². The third kappa shape index (κ3) is 2.53. The Kier molecular flexibility index (Phi) is 2.93. The van der Waals surface area contributed by atoms with Gasteiger partial charge in [0.25, 0.3) is 0 Å². The fourth-order valence-electron chi connectivity index (χ4n) is 1.42. The SMILES string of the molecule is C[C@@H](Nc1cnccn1)c1ccccc1. The molecule has 2 aromatic rings. The number of anilines is 1. The van der Waals surface area contributed by atoms with Gasteiger partial charge in [-0.05, 0) is 12.5 Å². The standard InChI is InChI=1S/C12H13N3/c1-10(11-5-3-2-4-6-11)15-12-9-13-7-8-14-12/h2-10H,1H3,(H,14,15)/t10-/m1/s1. The lowest BCUT2D eigenvalue weighted by atomic mass is 10.1. The van der Waals surface area contributed by atoms with E-state index in [9.17, 15) is 0 Å². The van der Waals surface area contributed by atoms with Crippen LogP contribution in [0.3, 0.4) is 0 Å². The van der Waals surface area contributed by atoms with Crippen LogP contribution in [0.15, 0.2) is 48.9 Å². The first-order valence-corrected chi connectivity index (χ1v) is 4.94. The molecule has 0 unspecified atom stereocenters. The Labute approximate surface area is 89.2 Å². The average Bonchev–Trinajstić information content (AvgIpc) is 2.31. The van der Waals surface area contributed by atoms with E-state index in [1.807, 2.05) is 18.2 Å². The van der Waals surface area contributed by atoms with Crippen molar-refractivity contribution in [2.45, 2.75) is 13.0 Å². The first-order chi connectivity index (χ1) is 7.36. The van der Waals surface area contributed by atoms with Crippen LogP contribution in [0.25, 0.3) is 0 Å². The third-order valence-corrected chi connectivity index (χ3v) is 2.23. The normalized spacial score (nSPS) is 12.1. The van der Waals surface area contributed by atoms with Crippen LogP contribution in [0.5, 0.6) is 0 Å². The first-order valence-electron chi connectivity index (χ1n) is 4.94. The lowest BCUT2D eigenvalue weighted by Crippen LogP contribution is -2.07. The van der Waals surface area contributed by atoms with E-state index in [1.54, 1.807) is 18.6 Å². The van der Waals surface area contributed by atoms with E-state index < -0.39 is 0 Å². The fraction of sp³-hybridized carbons (Fsp3) is 0.167. The fourth-order valence-corrected chi connectivity index (χ4v) is 1.42. The Morgan fingerprint density at radius 3 is 2.60 bits per heavy atom. The molecule has 0 bridgehead atoms. The molecular formula is C12H13N3. The van der Waals surface area contributed by atoms with Gasteiger partial charge in [-0.3, -0.25) is 4.98 Å². The van der Waals surface area contributed by atoms with Crippen molar-refractivity contribution in [2.75, 3.05) is 5.32 Å². The summed E-state index contributed by atoms with van der Waals surface area (Å²) in [4.78, 5) is 8.18. The molecule has 0 aliphatic carbocycles. The minimum Gasteiger partial charge on any atom is -0.362 e. The Bertz CT molecular complexity index is 400. The number of hydrogen-bond donors (Lipinski definition) is 1. The molecule has 1 aromatic heterocycles. The molecule has 1 aromatic carbocycles. The predicted octanol–water partition coefficient (Wildman–Crippen LogP) is 2.65. The quantitative estimate of drug-likeness (QED) is 0.825. The minimum atomic E-state index is 0.239. The Hall–Kier alpha value is -1.90. The second-order valence-corrected chi connectivity index (χ2v) is 3.37. The smallest absolute Gasteiger partial charge is 0.144 e. The van der Waals surface area contributed by atoms with Gasteiger partial charge in [0.05, 0.1) is 6.20 Å². The van der Waals surface area contributed by atoms with Crippen molar-refractivity contribution in [1.29, 1.82) is 0 Å². The topological polar surface area (TPSA) is 37.8 Å². The van der Waals surface area contributed by atoms with Gasteiger partial charge in [0.2, 0.25) is 0 Å². The van der Waals surface area contributed by atoms with Gasteiger partial charge >= 0.3 is 0 Å². The lowest BCUT2D eigenvalue weighted by Gasteiger charge is -2.13. The van der Waals surface area contributed by atoms with E-state index >= 15 is 0 Å². The molecule has 76 valence electrons. The summed E-state index contributed by atoms with van der Waals surface area (Å²) in [5.41, 5.74) is 1.24. The van der Waals surface area contributed by atoms with Crippen molar-refractivity contribution in [3.63, 3.8) is 0 Å². The van der Waals surface area contributed by atoms with Crippen LogP contribution in [0.2, 0.25) is 0 Å². The summed E-state index contributed by atoms with van der Waals surface area (Å²) in [6.45, 7) is 2.10. The van der Waals surface area contributed by atoms with Gasteiger partial charge in [-0.25, -0.2) is 4.98 Å². The summed E-state index contributed by atoms with van der Waals surface area (Å²) >= 11 is 0. The number of nitrogens with one attached hydrogen (secondary N) is 1. The molecule has 0 radical (unpaired) electrons. The molecule has 1 heterocycles. The van der Waals surface area contributed by atoms with Crippen molar-refractivity contribution >= 4 is 5.82 Å². The second-order valence-electron chi connectivity index (χ2n) is 3.37. The molecule has 0 aliphatic rings. The monoisotopic (exact) mass is 199 g/mol. The number of benzene rings is 1. The van der Waals surface area contributed by atoms with Crippen molar-refractivity contribution in [1.82, 2.24) is 9.97 Å². The van der Waals surface area contributed by atoms with Crippen molar-refractivity contribution in [2.24, 2.45) is 0 Å². The highest BCUT2D eigenvalue weighted by Crippen LogP contribution is 2.15. The van der Waals surface area contributed by atoms with Crippen LogP contribution >= 0.6 is 0 Å². The van der Waals surface area contributed by atoms with Crippen LogP contribution in [-0.4, -0.2) is 9.97 Å². The summed E-state index contributed by atoms with van der Waals surface area (Å²) in [5.74, 6) is 0.800. The zero-order valence-electron chi connectivity index (χ0n) is 8.59. The van der Waals surface area contributed by atoms with Gasteiger partial charge in [0.1, 0.15) is 5.82 Å². The highest BCUT2D eigenvalue weighted by Gasteiger charge is 2.04. The van der Waals surface area contributed by atoms with E-state index in [0.717, 1.165) is 5.82 Å². The van der Waals surface area contributed by atoms with Gasteiger partial charge < -0.3 is 5.32 Å². The third-order valence-electron chi connectivity index (χ3n) is 2.23. The largest absolute Gasteiger partial charge is 0.362 e. The van der Waals surface area contributed by atoms with E-state index in [-0.39, 0.29) is 6.04 Å². The maximum Gasteiger partial charge on any atom is 0.144 e. The molecular weight excluding hydrogens is 186 g/mol. The van der Waals surface area contributed by atoms with Gasteiger partial charge in [0, 0.05) is 18.4 Å². The maximum atomic E-state index is 4.17. The molecule has 1 atom stereocenters. The highest BCUT2D eigenvalue weighted by molar-refractivity contribution is 5.35. The second kappa shape index (κ2) is 4.55. The molecule has 0 saturated heterocycles. The number of nitrogens with zero attached hydrogens (tertiary/aromatic N) is 2. The van der Waals surface area contributed by atoms with Crippen LogP contribution in [0.4, 0.5) is 5.82 Å². The minimum absolute atomic E-state index is 0.239. The molecule has 3 heteroatoms. The van der Waals surface area contributed by atoms with Crippen molar-refractivity contribution in [3.05, 3.63) is 54.5 Å². The van der Waals surface area contributed by atoms with Crippen LogP contribution in [0.1, 0.15) is 18.5 Å². The molecule has 2 rings (SSSR count). The number of hydrogen-bond acceptors (Lipinski definition) is 3.